The molecule has 4 nitrogen and oxygen atoms in total. The van der Waals surface area contributed by atoms with Gasteiger partial charge in [0.1, 0.15) is 0 Å². The van der Waals surface area contributed by atoms with Gasteiger partial charge in [-0.05, 0) is 162 Å². The lowest BCUT2D eigenvalue weighted by Crippen LogP contribution is -2.54. The summed E-state index contributed by atoms with van der Waals surface area (Å²) in [5.74, 6) is 0. The number of anilines is 4. The molecule has 0 N–H and O–H groups in total. The van der Waals surface area contributed by atoms with Crippen LogP contribution in [0.15, 0.2) is 122 Å². The van der Waals surface area contributed by atoms with E-state index in [2.05, 4.69) is 145 Å². The maximum absolute atomic E-state index is 4.35. The highest BCUT2D eigenvalue weighted by molar-refractivity contribution is 5.87. The maximum Gasteiger partial charge on any atom is 0.0517 e. The van der Waals surface area contributed by atoms with Crippen molar-refractivity contribution < 1.29 is 0 Å². The zero-order chi connectivity index (χ0) is 37.2. The number of nitrogens with zero attached hydrogens (tertiary/aromatic N) is 4. The maximum atomic E-state index is 4.35. The molecule has 5 aliphatic rings. The summed E-state index contributed by atoms with van der Waals surface area (Å²) in [6.45, 7) is 10.1. The van der Waals surface area contributed by atoms with E-state index in [-0.39, 0.29) is 21.9 Å². The summed E-state index contributed by atoms with van der Waals surface area (Å²) < 4.78 is 0. The van der Waals surface area contributed by atoms with Crippen LogP contribution in [0.5, 0.6) is 0 Å². The van der Waals surface area contributed by atoms with Gasteiger partial charge in [-0.25, -0.2) is 0 Å². The third kappa shape index (κ3) is 4.46. The van der Waals surface area contributed by atoms with Crippen LogP contribution in [0.1, 0.15) is 101 Å². The lowest BCUT2D eigenvalue weighted by molar-refractivity contribution is 0.195. The van der Waals surface area contributed by atoms with Gasteiger partial charge in [0.05, 0.1) is 11.1 Å². The van der Waals surface area contributed by atoms with Crippen LogP contribution in [-0.4, -0.2) is 21.0 Å². The standard InChI is InChI=1S/C51H50N4/c1-48-21-5-7-23-50(48,3)54(40-17-25-52-26-18-40)46-15-13-36(32-44(46)48)34-9-11-38-29-39-12-10-35(31-43(39)42(38)30-34)37-14-16-47-45(33-37)49(2)22-6-8-24-51(49,4)55(47)41-19-27-53-28-20-41/h9-20,25-28,30-33H,5-8,21-24,29H2,1-4H3. The smallest absolute Gasteiger partial charge is 0.0517 e. The van der Waals surface area contributed by atoms with Crippen LogP contribution in [-0.2, 0) is 17.3 Å². The second-order valence-electron chi connectivity index (χ2n) is 18.1. The fraction of sp³-hybridized carbons (Fsp3) is 0.333. The molecule has 4 aromatic carbocycles. The summed E-state index contributed by atoms with van der Waals surface area (Å²) in [7, 11) is 0. The number of fused-ring (bicyclic) bond motifs is 9. The number of hydrogen-bond acceptors (Lipinski definition) is 4. The molecule has 0 spiro atoms. The molecule has 6 aromatic rings. The van der Waals surface area contributed by atoms with Gasteiger partial charge in [0.15, 0.2) is 0 Å². The number of pyridine rings is 2. The molecule has 2 aliphatic heterocycles. The quantitative estimate of drug-likeness (QED) is 0.181. The Labute approximate surface area is 326 Å². The minimum absolute atomic E-state index is 0.0305. The lowest BCUT2D eigenvalue weighted by Gasteiger charge is -2.50. The second-order valence-corrected chi connectivity index (χ2v) is 18.1. The van der Waals surface area contributed by atoms with Crippen LogP contribution in [0.25, 0.3) is 33.4 Å². The number of aromatic nitrogens is 2. The molecule has 3 aliphatic carbocycles. The molecular weight excluding hydrogens is 669 g/mol. The van der Waals surface area contributed by atoms with E-state index in [1.807, 2.05) is 24.8 Å². The van der Waals surface area contributed by atoms with Crippen LogP contribution in [0, 0.1) is 0 Å². The Morgan fingerprint density at radius 2 is 0.818 bits per heavy atom. The molecule has 11 rings (SSSR count). The van der Waals surface area contributed by atoms with Gasteiger partial charge in [-0.1, -0.05) is 75.9 Å². The van der Waals surface area contributed by atoms with Crippen molar-refractivity contribution in [3.8, 4) is 33.4 Å². The molecule has 0 saturated heterocycles. The van der Waals surface area contributed by atoms with Gasteiger partial charge in [0, 0.05) is 58.4 Å². The number of rotatable bonds is 4. The van der Waals surface area contributed by atoms with Crippen molar-refractivity contribution in [2.45, 2.75) is 107 Å². The molecular formula is C51H50N4. The SMILES string of the molecule is CC12CCCCC1(C)N(c1ccncc1)c1ccc(-c3ccc4c(c3)-c3cc(-c5ccc6c(c5)C5(C)CCCCC5(C)N6c5ccncc5)ccc3C4)cc12. The van der Waals surface area contributed by atoms with Gasteiger partial charge < -0.3 is 9.80 Å². The average molecular weight is 719 g/mol. The molecule has 0 radical (unpaired) electrons. The molecule has 0 bridgehead atoms. The average Bonchev–Trinajstić information content (AvgIpc) is 3.76. The van der Waals surface area contributed by atoms with Gasteiger partial charge >= 0.3 is 0 Å². The van der Waals surface area contributed by atoms with E-state index in [1.165, 1.54) is 130 Å². The van der Waals surface area contributed by atoms with Crippen LogP contribution >= 0.6 is 0 Å². The van der Waals surface area contributed by atoms with E-state index in [9.17, 15) is 0 Å². The summed E-state index contributed by atoms with van der Waals surface area (Å²) in [5, 5.41) is 0. The Kier molecular flexibility index (Phi) is 7.02. The molecule has 4 heterocycles. The van der Waals surface area contributed by atoms with Gasteiger partial charge in [0.2, 0.25) is 0 Å². The van der Waals surface area contributed by atoms with Crippen molar-refractivity contribution in [2.75, 3.05) is 9.80 Å². The predicted octanol–water partition coefficient (Wildman–Crippen LogP) is 12.9. The lowest BCUT2D eigenvalue weighted by atomic mass is 9.61. The minimum Gasteiger partial charge on any atom is -0.334 e. The van der Waals surface area contributed by atoms with Crippen molar-refractivity contribution in [3.63, 3.8) is 0 Å². The van der Waals surface area contributed by atoms with E-state index in [1.54, 1.807) is 0 Å². The predicted molar refractivity (Wildman–Crippen MR) is 227 cm³/mol. The van der Waals surface area contributed by atoms with Crippen molar-refractivity contribution in [3.05, 3.63) is 144 Å². The summed E-state index contributed by atoms with van der Waals surface area (Å²) in [4.78, 5) is 14.0. The van der Waals surface area contributed by atoms with Gasteiger partial charge in [0.25, 0.3) is 0 Å². The molecule has 2 fully saturated rings. The van der Waals surface area contributed by atoms with Crippen molar-refractivity contribution in [1.29, 1.82) is 0 Å². The van der Waals surface area contributed by atoms with E-state index >= 15 is 0 Å². The van der Waals surface area contributed by atoms with Gasteiger partial charge in [-0.15, -0.1) is 0 Å². The molecule has 0 amide bonds. The van der Waals surface area contributed by atoms with Crippen molar-refractivity contribution in [2.24, 2.45) is 0 Å². The second kappa shape index (κ2) is 11.6. The Bertz CT molecular complexity index is 2330. The largest absolute Gasteiger partial charge is 0.334 e. The van der Waals surface area contributed by atoms with E-state index in [4.69, 9.17) is 0 Å². The third-order valence-corrected chi connectivity index (χ3v) is 15.6. The third-order valence-electron chi connectivity index (χ3n) is 15.6. The zero-order valence-corrected chi connectivity index (χ0v) is 32.7. The fourth-order valence-electron chi connectivity index (χ4n) is 12.2. The van der Waals surface area contributed by atoms with Crippen LogP contribution in [0.2, 0.25) is 0 Å². The van der Waals surface area contributed by atoms with Gasteiger partial charge in [-0.3, -0.25) is 9.97 Å². The topological polar surface area (TPSA) is 32.3 Å². The summed E-state index contributed by atoms with van der Waals surface area (Å²) >= 11 is 0. The molecule has 2 saturated carbocycles. The Morgan fingerprint density at radius 3 is 1.25 bits per heavy atom. The normalized spacial score (nSPS) is 27.2. The number of benzene rings is 4. The van der Waals surface area contributed by atoms with Crippen molar-refractivity contribution in [1.82, 2.24) is 9.97 Å². The highest BCUT2D eigenvalue weighted by Gasteiger charge is 2.59. The zero-order valence-electron chi connectivity index (χ0n) is 32.7. The summed E-state index contributed by atoms with van der Waals surface area (Å²) in [5.41, 5.74) is 19.3. The van der Waals surface area contributed by atoms with Gasteiger partial charge in [-0.2, -0.15) is 0 Å². The van der Waals surface area contributed by atoms with E-state index < -0.39 is 0 Å². The molecule has 55 heavy (non-hydrogen) atoms. The minimum atomic E-state index is 0.0305. The van der Waals surface area contributed by atoms with E-state index in [0.29, 0.717) is 0 Å². The van der Waals surface area contributed by atoms with Crippen molar-refractivity contribution >= 4 is 22.7 Å². The number of hydrogen-bond donors (Lipinski definition) is 0. The first-order valence-corrected chi connectivity index (χ1v) is 20.7. The Balaban J connectivity index is 0.975. The summed E-state index contributed by atoms with van der Waals surface area (Å²) in [6.07, 6.45) is 18.7. The van der Waals surface area contributed by atoms with Crippen LogP contribution in [0.3, 0.4) is 0 Å². The van der Waals surface area contributed by atoms with Crippen LogP contribution in [0.4, 0.5) is 22.7 Å². The fourth-order valence-corrected chi connectivity index (χ4v) is 12.2. The molecule has 4 heteroatoms. The molecule has 2 aromatic heterocycles. The molecule has 274 valence electrons. The first kappa shape index (κ1) is 33.1. The van der Waals surface area contributed by atoms with E-state index in [0.717, 1.165) is 6.42 Å². The first-order valence-electron chi connectivity index (χ1n) is 20.7. The highest BCUT2D eigenvalue weighted by Crippen LogP contribution is 2.63. The Morgan fingerprint density at radius 1 is 0.436 bits per heavy atom. The molecule has 4 unspecified atom stereocenters. The Hall–Kier alpha value is -5.22. The highest BCUT2D eigenvalue weighted by atomic mass is 15.3. The molecule has 4 atom stereocenters. The first-order chi connectivity index (χ1) is 26.7. The van der Waals surface area contributed by atoms with Crippen LogP contribution < -0.4 is 9.80 Å². The summed E-state index contributed by atoms with van der Waals surface area (Å²) in [6, 6.07) is 37.8. The monoisotopic (exact) mass is 718 g/mol.